The van der Waals surface area contributed by atoms with Crippen molar-refractivity contribution < 1.29 is 38.3 Å². The Morgan fingerprint density at radius 2 is 1.84 bits per heavy atom. The minimum atomic E-state index is -1.34. The first-order valence-corrected chi connectivity index (χ1v) is 7.91. The van der Waals surface area contributed by atoms with E-state index in [1.54, 1.807) is 11.9 Å². The fraction of sp³-hybridized carbons (Fsp3) is 0.625. The van der Waals surface area contributed by atoms with Crippen LogP contribution in [-0.4, -0.2) is 58.7 Å². The Balaban J connectivity index is 0.00000225. The fourth-order valence-electron chi connectivity index (χ4n) is 3.30. The first kappa shape index (κ1) is 19.5. The molecule has 9 heteroatoms. The van der Waals surface area contributed by atoms with Crippen LogP contribution in [0.25, 0.3) is 0 Å². The van der Waals surface area contributed by atoms with Gasteiger partial charge in [0.25, 0.3) is 0 Å². The van der Waals surface area contributed by atoms with E-state index in [0.29, 0.717) is 17.7 Å². The molecule has 2 atom stereocenters. The van der Waals surface area contributed by atoms with Crippen LogP contribution in [0.3, 0.4) is 0 Å². The number of amides is 1. The first-order chi connectivity index (χ1) is 11.2. The number of piperidine rings is 1. The molecule has 2 unspecified atom stereocenters. The number of rotatable bonds is 3. The van der Waals surface area contributed by atoms with Crippen molar-refractivity contribution in [2.24, 2.45) is 11.8 Å². The second-order valence-electron chi connectivity index (χ2n) is 7.36. The number of aromatic nitrogens is 2. The summed E-state index contributed by atoms with van der Waals surface area (Å²) in [6.07, 6.45) is 2.35. The predicted octanol–water partition coefficient (Wildman–Crippen LogP) is -2.85. The molecule has 8 nitrogen and oxygen atoms in total. The van der Waals surface area contributed by atoms with Crippen LogP contribution in [0.5, 0.6) is 0 Å². The van der Waals surface area contributed by atoms with Gasteiger partial charge in [-0.15, -0.1) is 0 Å². The molecule has 1 saturated heterocycles. The quantitative estimate of drug-likeness (QED) is 0.546. The monoisotopic (exact) mass is 340 g/mol. The molecule has 25 heavy (non-hydrogen) atoms. The summed E-state index contributed by atoms with van der Waals surface area (Å²) >= 11 is 0. The van der Waals surface area contributed by atoms with Crippen LogP contribution in [0.15, 0.2) is 12.4 Å². The second-order valence-corrected chi connectivity index (χ2v) is 7.36. The van der Waals surface area contributed by atoms with Gasteiger partial charge < -0.3 is 24.4 Å². The maximum Gasteiger partial charge on any atom is 1.00 e. The van der Waals surface area contributed by atoms with Gasteiger partial charge in [0.15, 0.2) is 0 Å². The summed E-state index contributed by atoms with van der Waals surface area (Å²) in [6.45, 7) is 7.08. The number of nitrogens with zero attached hydrogens (tertiary/aromatic N) is 4. The van der Waals surface area contributed by atoms with Crippen LogP contribution < -0.4 is 28.9 Å². The fourth-order valence-corrected chi connectivity index (χ4v) is 3.30. The Morgan fingerprint density at radius 1 is 1.24 bits per heavy atom. The Kier molecular flexibility index (Phi) is 5.35. The number of carbonyl (C=O) groups excluding carboxylic acids is 2. The zero-order valence-electron chi connectivity index (χ0n) is 15.2. The minimum Gasteiger partial charge on any atom is -0.543 e. The van der Waals surface area contributed by atoms with Crippen molar-refractivity contribution in [2.75, 3.05) is 25.0 Å². The average molecular weight is 340 g/mol. The van der Waals surface area contributed by atoms with E-state index in [1.807, 2.05) is 20.8 Å². The predicted molar refractivity (Wildman–Crippen MR) is 83.3 cm³/mol. The van der Waals surface area contributed by atoms with Crippen LogP contribution in [0.1, 0.15) is 31.3 Å². The summed E-state index contributed by atoms with van der Waals surface area (Å²) in [7, 11) is 1.77. The second kappa shape index (κ2) is 6.85. The molecule has 1 aromatic rings. The first-order valence-electron chi connectivity index (χ1n) is 7.91. The van der Waals surface area contributed by atoms with Gasteiger partial charge in [0.05, 0.1) is 18.4 Å². The number of anilines is 1. The van der Waals surface area contributed by atoms with E-state index in [-0.39, 0.29) is 36.7 Å². The number of hydrogen-bond donors (Lipinski definition) is 0. The molecule has 3 rings (SSSR count). The van der Waals surface area contributed by atoms with Crippen LogP contribution in [0.4, 0.5) is 10.6 Å². The van der Waals surface area contributed by atoms with Gasteiger partial charge in [0.2, 0.25) is 0 Å². The van der Waals surface area contributed by atoms with Gasteiger partial charge in [-0.1, -0.05) is 0 Å². The van der Waals surface area contributed by atoms with E-state index >= 15 is 0 Å². The zero-order chi connectivity index (χ0) is 17.6. The molecule has 2 fully saturated rings. The molecule has 0 bridgehead atoms. The number of carboxylic acid groups (broad SMARTS) is 1. The summed E-state index contributed by atoms with van der Waals surface area (Å²) in [6, 6.07) is 0.187. The number of carboxylic acids is 1. The molecular weight excluding hydrogens is 319 g/mol. The van der Waals surface area contributed by atoms with Crippen molar-refractivity contribution in [1.29, 1.82) is 0 Å². The maximum atomic E-state index is 12.1. The van der Waals surface area contributed by atoms with Gasteiger partial charge in [-0.05, 0) is 20.8 Å². The molecule has 1 saturated carbocycles. The standard InChI is InChI=1S/C16H22N4O4.Li/c1-16(2,3)24-15(23)19(4)13-9-7-20(8-10(9)13)12-6-17-11(5-18-12)14(21)22;/h5-6,9-10,13H,7-8H2,1-4H3,(H,21,22);/q;+1/p-1. The SMILES string of the molecule is CN(C(=O)OC(C)(C)C)C1C2CN(c3cnc(C(=O)[O-])cn3)CC21.[Li+]. The number of ether oxygens (including phenoxy) is 1. The molecule has 0 N–H and O–H groups in total. The molecule has 130 valence electrons. The van der Waals surface area contributed by atoms with E-state index in [2.05, 4.69) is 14.9 Å². The third-order valence-electron chi connectivity index (χ3n) is 4.45. The largest absolute Gasteiger partial charge is 1.00 e. The Bertz CT molecular complexity index is 649. The van der Waals surface area contributed by atoms with Crippen molar-refractivity contribution >= 4 is 17.9 Å². The molecule has 2 aliphatic rings. The van der Waals surface area contributed by atoms with Crippen LogP contribution in [0, 0.1) is 11.8 Å². The third-order valence-corrected chi connectivity index (χ3v) is 4.45. The number of hydrogen-bond acceptors (Lipinski definition) is 7. The van der Waals surface area contributed by atoms with Crippen molar-refractivity contribution in [2.45, 2.75) is 32.4 Å². The summed E-state index contributed by atoms with van der Waals surface area (Å²) in [5, 5.41) is 10.7. The van der Waals surface area contributed by atoms with Gasteiger partial charge in [-0.2, -0.15) is 0 Å². The smallest absolute Gasteiger partial charge is 0.543 e. The van der Waals surface area contributed by atoms with Crippen LogP contribution in [-0.2, 0) is 4.74 Å². The normalized spacial score (nSPS) is 24.2. The Hall–Kier alpha value is -1.78. The Labute approximate surface area is 158 Å². The van der Waals surface area contributed by atoms with Gasteiger partial charge in [0.1, 0.15) is 17.1 Å². The van der Waals surface area contributed by atoms with Gasteiger partial charge in [-0.25, -0.2) is 14.8 Å². The summed E-state index contributed by atoms with van der Waals surface area (Å²) in [4.78, 5) is 34.5. The number of carbonyl (C=O) groups is 2. The topological polar surface area (TPSA) is 98.7 Å². The Morgan fingerprint density at radius 3 is 2.28 bits per heavy atom. The minimum absolute atomic E-state index is 0. The molecule has 1 amide bonds. The van der Waals surface area contributed by atoms with E-state index in [1.165, 1.54) is 12.4 Å². The van der Waals surface area contributed by atoms with Gasteiger partial charge >= 0.3 is 25.0 Å². The van der Waals surface area contributed by atoms with Crippen LogP contribution in [0.2, 0.25) is 0 Å². The summed E-state index contributed by atoms with van der Waals surface area (Å²) in [5.74, 6) is 0.0681. The number of fused-ring (bicyclic) bond motifs is 1. The molecule has 1 aliphatic heterocycles. The van der Waals surface area contributed by atoms with Crippen molar-refractivity contribution in [3.05, 3.63) is 18.1 Å². The maximum absolute atomic E-state index is 12.1. The van der Waals surface area contributed by atoms with Crippen molar-refractivity contribution in [1.82, 2.24) is 14.9 Å². The molecule has 2 heterocycles. The molecule has 0 aromatic carbocycles. The van der Waals surface area contributed by atoms with E-state index in [9.17, 15) is 14.7 Å². The third kappa shape index (κ3) is 4.07. The molecular formula is C16H21LiN4O4. The number of aromatic carboxylic acids is 1. The van der Waals surface area contributed by atoms with E-state index in [4.69, 9.17) is 4.74 Å². The summed E-state index contributed by atoms with van der Waals surface area (Å²) < 4.78 is 5.40. The van der Waals surface area contributed by atoms with Gasteiger partial charge in [-0.3, -0.25) is 0 Å². The summed E-state index contributed by atoms with van der Waals surface area (Å²) in [5.41, 5.74) is -0.678. The molecule has 1 aliphatic carbocycles. The van der Waals surface area contributed by atoms with Crippen molar-refractivity contribution in [3.8, 4) is 0 Å². The van der Waals surface area contributed by atoms with Crippen LogP contribution >= 0.6 is 0 Å². The van der Waals surface area contributed by atoms with E-state index in [0.717, 1.165) is 13.1 Å². The van der Waals surface area contributed by atoms with Crippen molar-refractivity contribution in [3.63, 3.8) is 0 Å². The molecule has 0 radical (unpaired) electrons. The molecule has 0 spiro atoms. The van der Waals surface area contributed by atoms with Gasteiger partial charge in [0, 0.05) is 38.0 Å². The zero-order valence-corrected chi connectivity index (χ0v) is 15.2. The van der Waals surface area contributed by atoms with E-state index < -0.39 is 11.6 Å². The molecule has 1 aromatic heterocycles. The average Bonchev–Trinajstić information content (AvgIpc) is 2.98.